The number of aromatic amines is 1. The Morgan fingerprint density at radius 1 is 1.19 bits per heavy atom. The summed E-state index contributed by atoms with van der Waals surface area (Å²) in [6, 6.07) is 5.16. The van der Waals surface area contributed by atoms with Gasteiger partial charge >= 0.3 is 11.8 Å². The van der Waals surface area contributed by atoms with Crippen molar-refractivity contribution in [1.82, 2.24) is 24.8 Å². The number of benzene rings is 1. The predicted molar refractivity (Wildman–Crippen MR) is 142 cm³/mol. The van der Waals surface area contributed by atoms with Crippen molar-refractivity contribution in [3.8, 4) is 0 Å². The molecule has 3 N–H and O–H groups in total. The van der Waals surface area contributed by atoms with Crippen molar-refractivity contribution < 1.29 is 9.53 Å². The van der Waals surface area contributed by atoms with Gasteiger partial charge in [0.15, 0.2) is 5.65 Å². The molecule has 1 amide bonds. The van der Waals surface area contributed by atoms with Crippen molar-refractivity contribution in [1.29, 1.82) is 0 Å². The van der Waals surface area contributed by atoms with Gasteiger partial charge < -0.3 is 20.4 Å². The van der Waals surface area contributed by atoms with E-state index in [9.17, 15) is 9.59 Å². The molecule has 0 radical (unpaired) electrons. The fraction of sp³-hybridized carbons (Fsp3) is 0.520. The summed E-state index contributed by atoms with van der Waals surface area (Å²) in [5, 5.41) is 7.23. The number of rotatable bonds is 7. The van der Waals surface area contributed by atoms with Gasteiger partial charge in [-0.1, -0.05) is 23.2 Å². The first-order valence-electron chi connectivity index (χ1n) is 12.2. The quantitative estimate of drug-likeness (QED) is 0.383. The number of H-pyrrole nitrogens is 1. The third-order valence-corrected chi connectivity index (χ3v) is 6.89. The van der Waals surface area contributed by atoms with Gasteiger partial charge in [0.25, 0.3) is 0 Å². The van der Waals surface area contributed by atoms with Crippen LogP contribution in [0.25, 0.3) is 11.2 Å². The van der Waals surface area contributed by atoms with Crippen LogP contribution in [0.2, 0.25) is 10.0 Å². The Labute approximate surface area is 219 Å². The Balaban J connectivity index is 1.32. The van der Waals surface area contributed by atoms with Crippen LogP contribution < -0.4 is 16.3 Å². The van der Waals surface area contributed by atoms with E-state index in [1.807, 2.05) is 20.8 Å². The van der Waals surface area contributed by atoms with E-state index in [4.69, 9.17) is 27.9 Å². The molecule has 4 rings (SSSR count). The number of imidazole rings is 1. The van der Waals surface area contributed by atoms with E-state index < -0.39 is 0 Å². The van der Waals surface area contributed by atoms with Gasteiger partial charge in [0.2, 0.25) is 5.95 Å². The lowest BCUT2D eigenvalue weighted by atomic mass is 9.82. The standard InChI is InChI=1S/C25H32Cl2N6O3/c1-25(2,3)32-24(35)36-14-16-6-4-15(5-7-16)11-28-22-29-12-20-21(31-22)33(23(34)30-20)13-17-10-18(26)8-9-19(17)27/h8-10,12,15-16H,4-7,11,13-14H2,1-3H3,(H,30,34)(H,32,35)(H,28,29,31). The molecule has 0 aliphatic heterocycles. The summed E-state index contributed by atoms with van der Waals surface area (Å²) in [6.07, 6.45) is 5.33. The summed E-state index contributed by atoms with van der Waals surface area (Å²) < 4.78 is 6.93. The highest BCUT2D eigenvalue weighted by atomic mass is 35.5. The van der Waals surface area contributed by atoms with E-state index in [0.717, 1.165) is 37.8 Å². The lowest BCUT2D eigenvalue weighted by Crippen LogP contribution is -2.41. The number of nitrogens with zero attached hydrogens (tertiary/aromatic N) is 3. The first kappa shape index (κ1) is 26.3. The van der Waals surface area contributed by atoms with Crippen molar-refractivity contribution in [3.05, 3.63) is 50.5 Å². The van der Waals surface area contributed by atoms with Gasteiger partial charge in [-0.25, -0.2) is 14.6 Å². The molecule has 36 heavy (non-hydrogen) atoms. The molecule has 0 saturated heterocycles. The molecule has 2 heterocycles. The van der Waals surface area contributed by atoms with Crippen LogP contribution in [0.3, 0.4) is 0 Å². The Morgan fingerprint density at radius 2 is 1.92 bits per heavy atom. The molecular weight excluding hydrogens is 503 g/mol. The minimum atomic E-state index is -0.361. The molecule has 194 valence electrons. The number of hydrogen-bond donors (Lipinski definition) is 3. The Kier molecular flexibility index (Phi) is 8.10. The number of alkyl carbamates (subject to hydrolysis) is 1. The molecule has 2 aromatic heterocycles. The largest absolute Gasteiger partial charge is 0.449 e. The maximum atomic E-state index is 12.6. The molecule has 0 bridgehead atoms. The van der Waals surface area contributed by atoms with Gasteiger partial charge in [0, 0.05) is 22.1 Å². The third-order valence-electron chi connectivity index (χ3n) is 6.29. The lowest BCUT2D eigenvalue weighted by molar-refractivity contribution is 0.104. The Bertz CT molecular complexity index is 1280. The average Bonchev–Trinajstić information content (AvgIpc) is 3.12. The number of halogens is 2. The van der Waals surface area contributed by atoms with Gasteiger partial charge in [-0.2, -0.15) is 4.98 Å². The summed E-state index contributed by atoms with van der Waals surface area (Å²) in [5.74, 6) is 1.33. The highest BCUT2D eigenvalue weighted by Gasteiger charge is 2.23. The summed E-state index contributed by atoms with van der Waals surface area (Å²) in [7, 11) is 0. The van der Waals surface area contributed by atoms with Crippen LogP contribution in [0.5, 0.6) is 0 Å². The lowest BCUT2D eigenvalue weighted by Gasteiger charge is -2.28. The Hall–Kier alpha value is -2.78. The molecule has 1 saturated carbocycles. The number of amides is 1. The van der Waals surface area contributed by atoms with Crippen molar-refractivity contribution in [3.63, 3.8) is 0 Å². The zero-order valence-electron chi connectivity index (χ0n) is 20.7. The van der Waals surface area contributed by atoms with Crippen molar-refractivity contribution in [2.45, 2.75) is 58.5 Å². The predicted octanol–water partition coefficient (Wildman–Crippen LogP) is 5.22. The second-order valence-electron chi connectivity index (χ2n) is 10.4. The number of aromatic nitrogens is 4. The van der Waals surface area contributed by atoms with E-state index in [1.165, 1.54) is 4.57 Å². The maximum absolute atomic E-state index is 12.6. The van der Waals surface area contributed by atoms with E-state index >= 15 is 0 Å². The first-order chi connectivity index (χ1) is 17.1. The highest BCUT2D eigenvalue weighted by Crippen LogP contribution is 2.29. The van der Waals surface area contributed by atoms with Crippen molar-refractivity contribution in [2.75, 3.05) is 18.5 Å². The molecular formula is C25H32Cl2N6O3. The van der Waals surface area contributed by atoms with E-state index in [-0.39, 0.29) is 23.9 Å². The zero-order valence-corrected chi connectivity index (χ0v) is 22.2. The van der Waals surface area contributed by atoms with Gasteiger partial charge in [-0.15, -0.1) is 0 Å². The van der Waals surface area contributed by atoms with E-state index in [0.29, 0.717) is 45.6 Å². The maximum Gasteiger partial charge on any atom is 0.407 e. The summed E-state index contributed by atoms with van der Waals surface area (Å²) in [4.78, 5) is 36.2. The summed E-state index contributed by atoms with van der Waals surface area (Å²) in [6.45, 7) is 7.21. The molecule has 0 unspecified atom stereocenters. The number of ether oxygens (including phenoxy) is 1. The van der Waals surface area contributed by atoms with Crippen LogP contribution in [-0.2, 0) is 11.3 Å². The first-order valence-corrected chi connectivity index (χ1v) is 12.9. The van der Waals surface area contributed by atoms with Crippen LogP contribution in [-0.4, -0.2) is 44.3 Å². The molecule has 0 atom stereocenters. The minimum absolute atomic E-state index is 0.245. The van der Waals surface area contributed by atoms with Gasteiger partial charge in [0.1, 0.15) is 5.52 Å². The molecule has 11 heteroatoms. The zero-order chi connectivity index (χ0) is 25.9. The molecule has 3 aromatic rings. The molecule has 9 nitrogen and oxygen atoms in total. The average molecular weight is 535 g/mol. The van der Waals surface area contributed by atoms with E-state index in [1.54, 1.807) is 24.4 Å². The number of carbonyl (C=O) groups is 1. The number of anilines is 1. The van der Waals surface area contributed by atoms with Crippen LogP contribution >= 0.6 is 23.2 Å². The molecule has 1 fully saturated rings. The van der Waals surface area contributed by atoms with Gasteiger partial charge in [0.05, 0.1) is 19.3 Å². The monoisotopic (exact) mass is 534 g/mol. The molecule has 1 aromatic carbocycles. The van der Waals surface area contributed by atoms with Crippen molar-refractivity contribution in [2.24, 2.45) is 11.8 Å². The third kappa shape index (κ3) is 6.91. The second kappa shape index (κ2) is 11.1. The van der Waals surface area contributed by atoms with Crippen LogP contribution in [0, 0.1) is 11.8 Å². The smallest absolute Gasteiger partial charge is 0.407 e. The normalized spacial score (nSPS) is 18.2. The number of carbonyl (C=O) groups excluding carboxylic acids is 1. The number of hydrogen-bond acceptors (Lipinski definition) is 6. The van der Waals surface area contributed by atoms with Crippen LogP contribution in [0.15, 0.2) is 29.2 Å². The highest BCUT2D eigenvalue weighted by molar-refractivity contribution is 6.33. The topological polar surface area (TPSA) is 114 Å². The Morgan fingerprint density at radius 3 is 2.64 bits per heavy atom. The van der Waals surface area contributed by atoms with Crippen molar-refractivity contribution >= 4 is 46.4 Å². The molecule has 1 aliphatic rings. The summed E-state index contributed by atoms with van der Waals surface area (Å²) in [5.41, 5.74) is 1.20. The van der Waals surface area contributed by atoms with Gasteiger partial charge in [-0.3, -0.25) is 4.57 Å². The van der Waals surface area contributed by atoms with Crippen LogP contribution in [0.4, 0.5) is 10.7 Å². The SMILES string of the molecule is CC(C)(C)NC(=O)OCC1CCC(CNc2ncc3[nH]c(=O)n(Cc4cc(Cl)ccc4Cl)c3n2)CC1. The van der Waals surface area contributed by atoms with E-state index in [2.05, 4.69) is 25.6 Å². The second-order valence-corrected chi connectivity index (χ2v) is 11.3. The van der Waals surface area contributed by atoms with Gasteiger partial charge in [-0.05, 0) is 82.1 Å². The fourth-order valence-corrected chi connectivity index (χ4v) is 4.76. The minimum Gasteiger partial charge on any atom is -0.449 e. The number of nitrogens with one attached hydrogen (secondary N) is 3. The fourth-order valence-electron chi connectivity index (χ4n) is 4.39. The summed E-state index contributed by atoms with van der Waals surface area (Å²) >= 11 is 12.4. The molecule has 0 spiro atoms. The number of fused-ring (bicyclic) bond motifs is 1. The molecule has 1 aliphatic carbocycles. The van der Waals surface area contributed by atoms with Crippen LogP contribution in [0.1, 0.15) is 52.0 Å².